The van der Waals surface area contributed by atoms with Crippen LogP contribution in [0.1, 0.15) is 11.1 Å². The zero-order valence-corrected chi connectivity index (χ0v) is 18.2. The van der Waals surface area contributed by atoms with Crippen LogP contribution in [0.4, 0.5) is 11.5 Å². The number of anilines is 1. The van der Waals surface area contributed by atoms with E-state index in [-0.39, 0.29) is 12.4 Å². The highest BCUT2D eigenvalue weighted by molar-refractivity contribution is 5.61. The molecule has 0 radical (unpaired) electrons. The number of fused-ring (bicyclic) bond motifs is 1. The Morgan fingerprint density at radius 2 is 1.79 bits per heavy atom. The summed E-state index contributed by atoms with van der Waals surface area (Å²) in [5.74, 6) is 1.12. The molecule has 0 unspecified atom stereocenters. The van der Waals surface area contributed by atoms with Crippen LogP contribution in [0, 0.1) is 10.1 Å². The van der Waals surface area contributed by atoms with Gasteiger partial charge in [-0.2, -0.15) is 0 Å². The van der Waals surface area contributed by atoms with Crippen LogP contribution in [0.2, 0.25) is 0 Å². The van der Waals surface area contributed by atoms with Crippen molar-refractivity contribution in [2.45, 2.75) is 13.2 Å². The van der Waals surface area contributed by atoms with E-state index in [1.165, 1.54) is 6.20 Å². The van der Waals surface area contributed by atoms with E-state index in [0.717, 1.165) is 15.5 Å². The fraction of sp³-hybridized carbons (Fsp3) is 0.167. The predicted molar refractivity (Wildman–Crippen MR) is 124 cm³/mol. The number of nitro groups is 1. The lowest BCUT2D eigenvalue weighted by atomic mass is 10.2. The van der Waals surface area contributed by atoms with Crippen LogP contribution in [-0.4, -0.2) is 28.5 Å². The van der Waals surface area contributed by atoms with Gasteiger partial charge in [-0.1, -0.05) is 42.5 Å². The van der Waals surface area contributed by atoms with E-state index in [9.17, 15) is 14.9 Å². The Morgan fingerprint density at radius 3 is 2.52 bits per heavy atom. The lowest BCUT2D eigenvalue weighted by molar-refractivity contribution is -0.385. The number of rotatable bonds is 8. The predicted octanol–water partition coefficient (Wildman–Crippen LogP) is 3.83. The van der Waals surface area contributed by atoms with E-state index in [2.05, 4.69) is 4.98 Å². The largest absolute Gasteiger partial charge is 0.493 e. The first kappa shape index (κ1) is 21.8. The zero-order chi connectivity index (χ0) is 23.4. The molecule has 0 amide bonds. The third kappa shape index (κ3) is 4.62. The number of methoxy groups -OCH3 is 1. The third-order valence-corrected chi connectivity index (χ3v) is 5.12. The normalized spacial score (nSPS) is 10.7. The Labute approximate surface area is 189 Å². The van der Waals surface area contributed by atoms with Gasteiger partial charge in [0.25, 0.3) is 0 Å². The molecule has 168 valence electrons. The molecule has 2 aromatic carbocycles. The monoisotopic (exact) mass is 446 g/mol. The summed E-state index contributed by atoms with van der Waals surface area (Å²) in [7, 11) is 3.20. The average Bonchev–Trinajstić information content (AvgIpc) is 2.83. The molecule has 2 aromatic heterocycles. The first-order chi connectivity index (χ1) is 16.0. The molecular weight excluding hydrogens is 424 g/mol. The molecule has 0 aliphatic rings. The van der Waals surface area contributed by atoms with Crippen molar-refractivity contribution in [1.82, 2.24) is 9.38 Å². The summed E-state index contributed by atoms with van der Waals surface area (Å²) in [6.07, 6.45) is 1.46. The van der Waals surface area contributed by atoms with Crippen LogP contribution in [-0.2, 0) is 13.2 Å². The van der Waals surface area contributed by atoms with Gasteiger partial charge in [0.1, 0.15) is 12.3 Å². The van der Waals surface area contributed by atoms with Gasteiger partial charge >= 0.3 is 11.2 Å². The van der Waals surface area contributed by atoms with Gasteiger partial charge in [-0.3, -0.25) is 19.3 Å². The second kappa shape index (κ2) is 9.39. The number of hydrogen-bond donors (Lipinski definition) is 0. The summed E-state index contributed by atoms with van der Waals surface area (Å²) in [5, 5.41) is 11.7. The number of hydrogen-bond acceptors (Lipinski definition) is 7. The van der Waals surface area contributed by atoms with Gasteiger partial charge in [0.2, 0.25) is 5.82 Å². The number of benzene rings is 2. The fourth-order valence-corrected chi connectivity index (χ4v) is 3.51. The molecule has 2 heterocycles. The van der Waals surface area contributed by atoms with Crippen molar-refractivity contribution >= 4 is 17.2 Å². The van der Waals surface area contributed by atoms with Crippen LogP contribution in [0.15, 0.2) is 77.7 Å². The smallest absolute Gasteiger partial charge is 0.376 e. The molecule has 4 rings (SSSR count). The van der Waals surface area contributed by atoms with Gasteiger partial charge in [0.05, 0.1) is 12.0 Å². The van der Waals surface area contributed by atoms with E-state index in [0.29, 0.717) is 23.8 Å². The number of ether oxygens (including phenoxy) is 2. The SMILES string of the molecule is COc1cc(CN(C)c2nc3ccccn3c(=O)c2[N+](=O)[O-])ccc1OCc1ccccc1. The molecule has 33 heavy (non-hydrogen) atoms. The average molecular weight is 446 g/mol. The Balaban J connectivity index is 1.60. The van der Waals surface area contributed by atoms with Gasteiger partial charge in [0.15, 0.2) is 11.5 Å². The molecule has 0 N–H and O–H groups in total. The van der Waals surface area contributed by atoms with Crippen LogP contribution < -0.4 is 19.9 Å². The van der Waals surface area contributed by atoms with Crippen LogP contribution in [0.25, 0.3) is 5.65 Å². The number of nitrogens with zero attached hydrogens (tertiary/aromatic N) is 4. The van der Waals surface area contributed by atoms with Gasteiger partial charge in [-0.25, -0.2) is 4.98 Å². The summed E-state index contributed by atoms with van der Waals surface area (Å²) in [5.41, 5.74) is 0.873. The van der Waals surface area contributed by atoms with Gasteiger partial charge < -0.3 is 14.4 Å². The van der Waals surface area contributed by atoms with Crippen molar-refractivity contribution in [3.63, 3.8) is 0 Å². The minimum absolute atomic E-state index is 0.000397. The molecule has 0 spiro atoms. The first-order valence-electron chi connectivity index (χ1n) is 10.2. The topological polar surface area (TPSA) is 99.2 Å². The Hall–Kier alpha value is -4.40. The summed E-state index contributed by atoms with van der Waals surface area (Å²) < 4.78 is 12.5. The second-order valence-electron chi connectivity index (χ2n) is 7.39. The van der Waals surface area contributed by atoms with Crippen molar-refractivity contribution < 1.29 is 14.4 Å². The highest BCUT2D eigenvalue weighted by Gasteiger charge is 2.26. The summed E-state index contributed by atoms with van der Waals surface area (Å²) in [4.78, 5) is 29.6. The van der Waals surface area contributed by atoms with E-state index in [1.807, 2.05) is 36.4 Å². The Bertz CT molecular complexity index is 1350. The van der Waals surface area contributed by atoms with Gasteiger partial charge in [0, 0.05) is 19.8 Å². The molecule has 0 fully saturated rings. The van der Waals surface area contributed by atoms with Crippen molar-refractivity contribution in [3.8, 4) is 11.5 Å². The Morgan fingerprint density at radius 1 is 1.03 bits per heavy atom. The highest BCUT2D eigenvalue weighted by Crippen LogP contribution is 2.30. The Kier molecular flexibility index (Phi) is 6.21. The van der Waals surface area contributed by atoms with Crippen molar-refractivity contribution in [2.24, 2.45) is 0 Å². The summed E-state index contributed by atoms with van der Waals surface area (Å²) >= 11 is 0. The van der Waals surface area contributed by atoms with Crippen LogP contribution in [0.3, 0.4) is 0 Å². The van der Waals surface area contributed by atoms with Crippen LogP contribution in [0.5, 0.6) is 11.5 Å². The van der Waals surface area contributed by atoms with Gasteiger partial charge in [-0.05, 0) is 35.4 Å². The molecule has 0 bridgehead atoms. The maximum atomic E-state index is 12.7. The fourth-order valence-electron chi connectivity index (χ4n) is 3.51. The van der Waals surface area contributed by atoms with Gasteiger partial charge in [-0.15, -0.1) is 0 Å². The van der Waals surface area contributed by atoms with Crippen molar-refractivity contribution in [1.29, 1.82) is 0 Å². The molecule has 0 saturated heterocycles. The maximum absolute atomic E-state index is 12.7. The molecule has 0 aliphatic heterocycles. The van der Waals surface area contributed by atoms with Crippen LogP contribution >= 0.6 is 0 Å². The molecule has 0 aliphatic carbocycles. The maximum Gasteiger partial charge on any atom is 0.376 e. The highest BCUT2D eigenvalue weighted by atomic mass is 16.6. The minimum Gasteiger partial charge on any atom is -0.493 e. The first-order valence-corrected chi connectivity index (χ1v) is 10.2. The summed E-state index contributed by atoms with van der Waals surface area (Å²) in [6.45, 7) is 0.666. The molecule has 9 heteroatoms. The number of pyridine rings is 1. The minimum atomic E-state index is -0.727. The number of aromatic nitrogens is 2. The van der Waals surface area contributed by atoms with E-state index >= 15 is 0 Å². The van der Waals surface area contributed by atoms with Crippen molar-refractivity contribution in [3.05, 3.63) is 105 Å². The zero-order valence-electron chi connectivity index (χ0n) is 18.2. The molecule has 0 saturated carbocycles. The van der Waals surface area contributed by atoms with Crippen molar-refractivity contribution in [2.75, 3.05) is 19.1 Å². The standard InChI is InChI=1S/C24H22N4O5/c1-26(23-22(28(30)31)24(29)27-13-7-6-10-21(27)25-23)15-18-11-12-19(20(14-18)32-2)33-16-17-8-4-3-5-9-17/h3-14H,15-16H2,1-2H3. The molecule has 0 atom stereocenters. The molecular formula is C24H22N4O5. The molecule has 4 aromatic rings. The van der Waals surface area contributed by atoms with E-state index in [1.54, 1.807) is 49.4 Å². The molecule has 9 nitrogen and oxygen atoms in total. The van der Waals surface area contributed by atoms with E-state index in [4.69, 9.17) is 9.47 Å². The summed E-state index contributed by atoms with van der Waals surface area (Å²) in [6, 6.07) is 20.2. The second-order valence-corrected chi connectivity index (χ2v) is 7.39. The quantitative estimate of drug-likeness (QED) is 0.300. The third-order valence-electron chi connectivity index (χ3n) is 5.12. The van der Waals surface area contributed by atoms with E-state index < -0.39 is 16.2 Å². The lowest BCUT2D eigenvalue weighted by Crippen LogP contribution is -2.26. The lowest BCUT2D eigenvalue weighted by Gasteiger charge is -2.19.